The zero-order valence-electron chi connectivity index (χ0n) is 30.9. The van der Waals surface area contributed by atoms with Crippen molar-refractivity contribution in [2.45, 2.75) is 138 Å². The number of hydrogen-bond donors (Lipinski definition) is 2. The summed E-state index contributed by atoms with van der Waals surface area (Å²) in [5.74, 6) is 1.02. The van der Waals surface area contributed by atoms with Gasteiger partial charge in [0, 0.05) is 16.5 Å². The van der Waals surface area contributed by atoms with Crippen LogP contribution in [0.5, 0.6) is 0 Å². The van der Waals surface area contributed by atoms with E-state index in [2.05, 4.69) is 53.4 Å². The summed E-state index contributed by atoms with van der Waals surface area (Å²) in [4.78, 5) is 38.5. The van der Waals surface area contributed by atoms with E-state index in [-0.39, 0.29) is 45.6 Å². The predicted molar refractivity (Wildman–Crippen MR) is 189 cm³/mol. The fourth-order valence-corrected chi connectivity index (χ4v) is 13.1. The Hall–Kier alpha value is -2.63. The molecule has 6 rings (SSSR count). The van der Waals surface area contributed by atoms with Crippen LogP contribution in [-0.2, 0) is 14.3 Å². The molecule has 1 amide bonds. The molecule has 0 aliphatic heterocycles. The summed E-state index contributed by atoms with van der Waals surface area (Å²) < 4.78 is 6.16. The van der Waals surface area contributed by atoms with E-state index in [4.69, 9.17) is 4.74 Å². The van der Waals surface area contributed by atoms with Gasteiger partial charge in [0.05, 0.1) is 11.8 Å². The first kappa shape index (κ1) is 35.2. The van der Waals surface area contributed by atoms with Gasteiger partial charge in [-0.15, -0.1) is 0 Å². The molecule has 6 heteroatoms. The summed E-state index contributed by atoms with van der Waals surface area (Å²) >= 11 is 0. The maximum Gasteiger partial charge on any atom is 0.309 e. The lowest BCUT2D eigenvalue weighted by Crippen LogP contribution is -2.69. The summed E-state index contributed by atoms with van der Waals surface area (Å²) in [5, 5.41) is 13.3. The topological polar surface area (TPSA) is 92.7 Å². The number of aliphatic carboxylic acids is 1. The van der Waals surface area contributed by atoms with Crippen molar-refractivity contribution >= 4 is 17.8 Å². The van der Waals surface area contributed by atoms with Gasteiger partial charge in [-0.1, -0.05) is 65.0 Å². The van der Waals surface area contributed by atoms with Crippen molar-refractivity contribution in [3.8, 4) is 0 Å². The van der Waals surface area contributed by atoms with Gasteiger partial charge in [-0.25, -0.2) is 0 Å². The molecule has 10 atom stereocenters. The van der Waals surface area contributed by atoms with Crippen molar-refractivity contribution in [1.82, 2.24) is 5.32 Å². The Bertz CT molecular complexity index is 1470. The molecule has 5 aliphatic carbocycles. The highest BCUT2D eigenvalue weighted by molar-refractivity contribution is 5.94. The molecule has 0 aromatic heterocycles. The van der Waals surface area contributed by atoms with Crippen LogP contribution in [0.4, 0.5) is 0 Å². The van der Waals surface area contributed by atoms with Crippen molar-refractivity contribution in [3.05, 3.63) is 48.0 Å². The molecule has 0 spiro atoms. The van der Waals surface area contributed by atoms with E-state index in [0.29, 0.717) is 29.6 Å². The highest BCUT2D eigenvalue weighted by Gasteiger charge is 2.71. The molecular weight excluding hydrogens is 598 g/mol. The summed E-state index contributed by atoms with van der Waals surface area (Å²) in [7, 11) is 0. The number of carbonyl (C=O) groups excluding carboxylic acids is 2. The lowest BCUT2D eigenvalue weighted by molar-refractivity contribution is -0.246. The maximum atomic E-state index is 13.7. The number of carbonyl (C=O) groups is 3. The van der Waals surface area contributed by atoms with Gasteiger partial charge >= 0.3 is 11.9 Å². The maximum absolute atomic E-state index is 13.7. The summed E-state index contributed by atoms with van der Waals surface area (Å²) in [5.41, 5.74) is 0.939. The fraction of sp³-hybridized carbons (Fsp3) is 0.738. The highest BCUT2D eigenvalue weighted by Crippen LogP contribution is 2.76. The van der Waals surface area contributed by atoms with E-state index >= 15 is 0 Å². The van der Waals surface area contributed by atoms with E-state index in [1.165, 1.54) is 18.4 Å². The van der Waals surface area contributed by atoms with Gasteiger partial charge < -0.3 is 15.2 Å². The Balaban J connectivity index is 1.27. The molecular formula is C42H61NO5. The normalized spacial score (nSPS) is 41.5. The summed E-state index contributed by atoms with van der Waals surface area (Å²) in [6, 6.07) is 9.72. The molecule has 5 fully saturated rings. The third-order valence-electron chi connectivity index (χ3n) is 15.8. The number of carboxylic acid groups (broad SMARTS) is 1. The van der Waals surface area contributed by atoms with E-state index in [1.54, 1.807) is 13.8 Å². The Morgan fingerprint density at radius 3 is 2.21 bits per heavy atom. The second-order valence-electron chi connectivity index (χ2n) is 18.9. The highest BCUT2D eigenvalue weighted by atomic mass is 16.5. The van der Waals surface area contributed by atoms with Gasteiger partial charge in [0.1, 0.15) is 6.10 Å². The van der Waals surface area contributed by atoms with Crippen LogP contribution >= 0.6 is 0 Å². The quantitative estimate of drug-likeness (QED) is 0.225. The second kappa shape index (κ2) is 11.7. The third kappa shape index (κ3) is 5.20. The molecule has 5 saturated carbocycles. The number of esters is 1. The molecule has 48 heavy (non-hydrogen) atoms. The monoisotopic (exact) mass is 659 g/mol. The SMILES string of the molecule is C=C(C)[C@@H]1CC[C@]2(NC(=O)c3ccccc3)CC[C@]3(C)[C@H](CCC4[C@@]5(C)CC[C@H](OC(=O)CC(C)(C)C(=O)O)C(C)(C)C5CC[C@]43C)C12. The lowest BCUT2D eigenvalue weighted by atomic mass is 9.32. The van der Waals surface area contributed by atoms with Crippen molar-refractivity contribution in [2.24, 2.45) is 56.7 Å². The van der Waals surface area contributed by atoms with Crippen LogP contribution in [0.3, 0.4) is 0 Å². The number of nitrogens with one attached hydrogen (secondary N) is 1. The van der Waals surface area contributed by atoms with Crippen molar-refractivity contribution in [2.75, 3.05) is 0 Å². The van der Waals surface area contributed by atoms with E-state index in [9.17, 15) is 19.5 Å². The Morgan fingerprint density at radius 1 is 0.875 bits per heavy atom. The van der Waals surface area contributed by atoms with Crippen molar-refractivity contribution in [1.29, 1.82) is 0 Å². The zero-order chi connectivity index (χ0) is 35.1. The van der Waals surface area contributed by atoms with Gasteiger partial charge in [0.2, 0.25) is 0 Å². The van der Waals surface area contributed by atoms with E-state index < -0.39 is 17.4 Å². The number of amides is 1. The zero-order valence-corrected chi connectivity index (χ0v) is 30.9. The summed E-state index contributed by atoms with van der Waals surface area (Å²) in [6.45, 7) is 22.3. The van der Waals surface area contributed by atoms with Crippen molar-refractivity contribution < 1.29 is 24.2 Å². The number of ether oxygens (including phenoxy) is 1. The molecule has 3 unspecified atom stereocenters. The molecule has 0 heterocycles. The number of fused-ring (bicyclic) bond motifs is 7. The minimum atomic E-state index is -1.14. The Labute approximate surface area is 289 Å². The minimum Gasteiger partial charge on any atom is -0.481 e. The van der Waals surface area contributed by atoms with Crippen LogP contribution in [-0.4, -0.2) is 34.6 Å². The van der Waals surface area contributed by atoms with Gasteiger partial charge in [-0.2, -0.15) is 0 Å². The number of hydrogen-bond acceptors (Lipinski definition) is 4. The van der Waals surface area contributed by atoms with Crippen LogP contribution in [0.25, 0.3) is 0 Å². The fourth-order valence-electron chi connectivity index (χ4n) is 13.1. The van der Waals surface area contributed by atoms with Crippen LogP contribution in [0.1, 0.15) is 136 Å². The Kier molecular flexibility index (Phi) is 8.60. The molecule has 1 aromatic rings. The molecule has 0 saturated heterocycles. The minimum absolute atomic E-state index is 0.0608. The van der Waals surface area contributed by atoms with Crippen LogP contribution in [0, 0.1) is 56.7 Å². The molecule has 0 bridgehead atoms. The van der Waals surface area contributed by atoms with Gasteiger partial charge in [0.25, 0.3) is 5.91 Å². The van der Waals surface area contributed by atoms with Gasteiger partial charge in [0.15, 0.2) is 0 Å². The second-order valence-corrected chi connectivity index (χ2v) is 18.9. The average molecular weight is 660 g/mol. The number of benzene rings is 1. The van der Waals surface area contributed by atoms with Crippen molar-refractivity contribution in [3.63, 3.8) is 0 Å². The number of allylic oxidation sites excluding steroid dienone is 1. The lowest BCUT2D eigenvalue weighted by Gasteiger charge is -2.73. The van der Waals surface area contributed by atoms with Gasteiger partial charge in [-0.3, -0.25) is 14.4 Å². The average Bonchev–Trinajstić information content (AvgIpc) is 3.39. The molecule has 264 valence electrons. The smallest absolute Gasteiger partial charge is 0.309 e. The number of rotatable bonds is 7. The molecule has 0 radical (unpaired) electrons. The number of carboxylic acids is 1. The largest absolute Gasteiger partial charge is 0.481 e. The Morgan fingerprint density at radius 2 is 1.56 bits per heavy atom. The third-order valence-corrected chi connectivity index (χ3v) is 15.8. The predicted octanol–water partition coefficient (Wildman–Crippen LogP) is 9.24. The molecule has 1 aromatic carbocycles. The standard InChI is InChI=1S/C42H61NO5/c1-26(2)28-17-22-42(43-35(45)27-13-11-10-12-14-27)24-23-40(8)29(34(28)42)15-16-31-39(7)20-19-32(48-33(44)25-37(3,4)36(46)47)38(5,6)30(39)18-21-41(31,40)9/h10-14,28-32,34H,1,15-25H2,2-9H3,(H,43,45)(H,46,47)/t28-,29+,30?,31?,32-,34?,39-,40+,41+,42-/m0/s1. The first-order valence-electron chi connectivity index (χ1n) is 18.8. The van der Waals surface area contributed by atoms with Gasteiger partial charge in [-0.05, 0) is 143 Å². The van der Waals surface area contributed by atoms with Crippen LogP contribution < -0.4 is 5.32 Å². The summed E-state index contributed by atoms with van der Waals surface area (Å²) in [6.07, 6.45) is 10.4. The molecule has 2 N–H and O–H groups in total. The van der Waals surface area contributed by atoms with Crippen LogP contribution in [0.15, 0.2) is 42.5 Å². The van der Waals surface area contributed by atoms with E-state index in [1.807, 2.05) is 30.3 Å². The van der Waals surface area contributed by atoms with Crippen LogP contribution in [0.2, 0.25) is 0 Å². The molecule has 5 aliphatic rings. The first-order valence-corrected chi connectivity index (χ1v) is 18.8. The first-order chi connectivity index (χ1) is 22.3. The molecule has 6 nitrogen and oxygen atoms in total. The van der Waals surface area contributed by atoms with E-state index in [0.717, 1.165) is 56.9 Å².